The highest BCUT2D eigenvalue weighted by molar-refractivity contribution is 5.49. The van der Waals surface area contributed by atoms with Crippen LogP contribution in [0, 0.1) is 12.7 Å². The number of likely N-dealkylation sites (tertiary alicyclic amines) is 1. The van der Waals surface area contributed by atoms with Gasteiger partial charge in [0.2, 0.25) is 0 Å². The lowest BCUT2D eigenvalue weighted by molar-refractivity contribution is 0.0866. The van der Waals surface area contributed by atoms with Crippen molar-refractivity contribution >= 4 is 5.69 Å². The maximum absolute atomic E-state index is 13.1. The summed E-state index contributed by atoms with van der Waals surface area (Å²) in [5.41, 5.74) is 10.6. The number of benzene rings is 2. The molecule has 24 heavy (non-hydrogen) atoms. The van der Waals surface area contributed by atoms with E-state index in [2.05, 4.69) is 36.9 Å². The topological polar surface area (TPSA) is 29.3 Å². The van der Waals surface area contributed by atoms with E-state index in [1.54, 1.807) is 12.1 Å². The molecule has 0 spiro atoms. The van der Waals surface area contributed by atoms with E-state index in [-0.39, 0.29) is 11.4 Å². The summed E-state index contributed by atoms with van der Waals surface area (Å²) in [7, 11) is 0. The SMILES string of the molecule is Cc1ccc(C(C)(C)N2CCC(c3ccc(F)cc3)CC2)cc1N. The third kappa shape index (κ3) is 3.32. The molecule has 2 aromatic carbocycles. The summed E-state index contributed by atoms with van der Waals surface area (Å²) in [5.74, 6) is 0.370. The standard InChI is InChI=1S/C21H27FN2/c1-15-4-7-18(14-20(15)23)21(2,3)24-12-10-17(11-13-24)16-5-8-19(22)9-6-16/h4-9,14,17H,10-13,23H2,1-3H3. The van der Waals surface area contributed by atoms with Gasteiger partial charge in [-0.05, 0) is 87.5 Å². The van der Waals surface area contributed by atoms with E-state index in [0.29, 0.717) is 5.92 Å². The van der Waals surface area contributed by atoms with Crippen molar-refractivity contribution in [3.63, 3.8) is 0 Å². The van der Waals surface area contributed by atoms with Gasteiger partial charge < -0.3 is 5.73 Å². The molecule has 0 atom stereocenters. The van der Waals surface area contributed by atoms with Gasteiger partial charge in [0, 0.05) is 11.2 Å². The summed E-state index contributed by atoms with van der Waals surface area (Å²) in [4.78, 5) is 2.54. The first-order valence-electron chi connectivity index (χ1n) is 8.75. The van der Waals surface area contributed by atoms with Crippen molar-refractivity contribution in [1.29, 1.82) is 0 Å². The number of anilines is 1. The van der Waals surface area contributed by atoms with Gasteiger partial charge in [0.05, 0.1) is 0 Å². The Morgan fingerprint density at radius 2 is 1.67 bits per heavy atom. The van der Waals surface area contributed by atoms with E-state index in [4.69, 9.17) is 5.73 Å². The Balaban J connectivity index is 1.70. The van der Waals surface area contributed by atoms with Crippen LogP contribution in [0.25, 0.3) is 0 Å². The number of nitrogens with two attached hydrogens (primary N) is 1. The predicted octanol–water partition coefficient (Wildman–Crippen LogP) is 4.83. The molecule has 0 radical (unpaired) electrons. The minimum Gasteiger partial charge on any atom is -0.399 e. The van der Waals surface area contributed by atoms with Crippen LogP contribution in [-0.4, -0.2) is 18.0 Å². The molecule has 0 saturated carbocycles. The Morgan fingerprint density at radius 1 is 1.04 bits per heavy atom. The minimum atomic E-state index is -0.158. The number of nitrogen functional groups attached to an aromatic ring is 1. The quantitative estimate of drug-likeness (QED) is 0.819. The molecular weight excluding hydrogens is 299 g/mol. The van der Waals surface area contributed by atoms with E-state index in [0.717, 1.165) is 37.2 Å². The lowest BCUT2D eigenvalue weighted by Crippen LogP contribution is -2.45. The Bertz CT molecular complexity index is 698. The number of aryl methyl sites for hydroxylation is 1. The third-order valence-electron chi connectivity index (χ3n) is 5.61. The maximum atomic E-state index is 13.1. The van der Waals surface area contributed by atoms with Crippen LogP contribution in [0.3, 0.4) is 0 Å². The molecule has 2 N–H and O–H groups in total. The van der Waals surface area contributed by atoms with Crippen molar-refractivity contribution in [1.82, 2.24) is 4.90 Å². The summed E-state index contributed by atoms with van der Waals surface area (Å²) >= 11 is 0. The summed E-state index contributed by atoms with van der Waals surface area (Å²) in [5, 5.41) is 0. The molecule has 0 unspecified atom stereocenters. The van der Waals surface area contributed by atoms with Gasteiger partial charge in [-0.2, -0.15) is 0 Å². The highest BCUT2D eigenvalue weighted by atomic mass is 19.1. The monoisotopic (exact) mass is 326 g/mol. The van der Waals surface area contributed by atoms with Crippen LogP contribution in [0.1, 0.15) is 49.3 Å². The Kier molecular flexibility index (Phi) is 4.64. The molecule has 2 nitrogen and oxygen atoms in total. The molecule has 128 valence electrons. The molecule has 3 heteroatoms. The molecule has 1 aliphatic heterocycles. The zero-order valence-corrected chi connectivity index (χ0v) is 14.8. The van der Waals surface area contributed by atoms with Gasteiger partial charge in [0.25, 0.3) is 0 Å². The van der Waals surface area contributed by atoms with Gasteiger partial charge in [-0.1, -0.05) is 24.3 Å². The zero-order chi connectivity index (χ0) is 17.3. The van der Waals surface area contributed by atoms with E-state index in [1.165, 1.54) is 11.1 Å². The van der Waals surface area contributed by atoms with E-state index >= 15 is 0 Å². The molecule has 0 bridgehead atoms. The van der Waals surface area contributed by atoms with Crippen LogP contribution in [0.2, 0.25) is 0 Å². The highest BCUT2D eigenvalue weighted by Crippen LogP contribution is 2.36. The number of hydrogen-bond donors (Lipinski definition) is 1. The van der Waals surface area contributed by atoms with Gasteiger partial charge in [-0.3, -0.25) is 4.90 Å². The van der Waals surface area contributed by atoms with Gasteiger partial charge in [-0.25, -0.2) is 4.39 Å². The van der Waals surface area contributed by atoms with Crippen LogP contribution >= 0.6 is 0 Å². The van der Waals surface area contributed by atoms with Crippen LogP contribution in [0.4, 0.5) is 10.1 Å². The molecule has 2 aromatic rings. The molecule has 0 aromatic heterocycles. The molecule has 1 heterocycles. The van der Waals surface area contributed by atoms with E-state index < -0.39 is 0 Å². The van der Waals surface area contributed by atoms with E-state index in [1.807, 2.05) is 19.1 Å². The maximum Gasteiger partial charge on any atom is 0.123 e. The smallest absolute Gasteiger partial charge is 0.123 e. The Labute approximate surface area is 144 Å². The largest absolute Gasteiger partial charge is 0.399 e. The summed E-state index contributed by atoms with van der Waals surface area (Å²) < 4.78 is 13.1. The Hall–Kier alpha value is -1.87. The molecule has 0 amide bonds. The third-order valence-corrected chi connectivity index (χ3v) is 5.61. The fourth-order valence-corrected chi connectivity index (χ4v) is 3.71. The summed E-state index contributed by atoms with van der Waals surface area (Å²) in [6, 6.07) is 13.4. The number of rotatable bonds is 3. The number of piperidine rings is 1. The zero-order valence-electron chi connectivity index (χ0n) is 14.8. The minimum absolute atomic E-state index is 0.0322. The predicted molar refractivity (Wildman–Crippen MR) is 98.6 cm³/mol. The van der Waals surface area contributed by atoms with Crippen LogP contribution in [0.5, 0.6) is 0 Å². The van der Waals surface area contributed by atoms with Gasteiger partial charge in [0.1, 0.15) is 5.82 Å². The molecular formula is C21H27FN2. The van der Waals surface area contributed by atoms with Gasteiger partial charge in [0.15, 0.2) is 0 Å². The summed E-state index contributed by atoms with van der Waals surface area (Å²) in [6.45, 7) is 8.68. The molecule has 1 aliphatic rings. The van der Waals surface area contributed by atoms with Crippen molar-refractivity contribution in [3.8, 4) is 0 Å². The lowest BCUT2D eigenvalue weighted by atomic mass is 9.84. The molecule has 1 fully saturated rings. The highest BCUT2D eigenvalue weighted by Gasteiger charge is 2.32. The van der Waals surface area contributed by atoms with Crippen LogP contribution in [-0.2, 0) is 5.54 Å². The lowest BCUT2D eigenvalue weighted by Gasteiger charge is -2.43. The van der Waals surface area contributed by atoms with Crippen LogP contribution < -0.4 is 5.73 Å². The van der Waals surface area contributed by atoms with Gasteiger partial charge >= 0.3 is 0 Å². The Morgan fingerprint density at radius 3 is 2.25 bits per heavy atom. The number of nitrogens with zero attached hydrogens (tertiary/aromatic N) is 1. The fraction of sp³-hybridized carbons (Fsp3) is 0.429. The van der Waals surface area contributed by atoms with Crippen molar-refractivity contribution < 1.29 is 4.39 Å². The first kappa shape index (κ1) is 17.0. The second-order valence-electron chi connectivity index (χ2n) is 7.44. The average Bonchev–Trinajstić information content (AvgIpc) is 2.58. The summed E-state index contributed by atoms with van der Waals surface area (Å²) in [6.07, 6.45) is 2.22. The second-order valence-corrected chi connectivity index (χ2v) is 7.44. The number of hydrogen-bond acceptors (Lipinski definition) is 2. The van der Waals surface area contributed by atoms with Crippen molar-refractivity contribution in [3.05, 3.63) is 65.0 Å². The normalized spacial score (nSPS) is 17.2. The van der Waals surface area contributed by atoms with Gasteiger partial charge in [-0.15, -0.1) is 0 Å². The first-order chi connectivity index (χ1) is 11.4. The van der Waals surface area contributed by atoms with Crippen molar-refractivity contribution in [2.24, 2.45) is 0 Å². The molecule has 3 rings (SSSR count). The first-order valence-corrected chi connectivity index (χ1v) is 8.75. The fourth-order valence-electron chi connectivity index (χ4n) is 3.71. The van der Waals surface area contributed by atoms with Crippen LogP contribution in [0.15, 0.2) is 42.5 Å². The van der Waals surface area contributed by atoms with Crippen molar-refractivity contribution in [2.75, 3.05) is 18.8 Å². The number of halogens is 1. The molecule has 1 saturated heterocycles. The van der Waals surface area contributed by atoms with E-state index in [9.17, 15) is 4.39 Å². The average molecular weight is 326 g/mol. The second kappa shape index (κ2) is 6.56. The molecule has 0 aliphatic carbocycles. The van der Waals surface area contributed by atoms with Crippen molar-refractivity contribution in [2.45, 2.75) is 45.1 Å².